The second kappa shape index (κ2) is 5.85. The summed E-state index contributed by atoms with van der Waals surface area (Å²) in [6.45, 7) is 0.123. The molecule has 7 heteroatoms. The average Bonchev–Trinajstić information content (AvgIpc) is 2.96. The van der Waals surface area contributed by atoms with E-state index in [-0.39, 0.29) is 11.4 Å². The number of sulfonamides is 1. The molecule has 0 saturated heterocycles. The number of benzene rings is 2. The molecule has 0 unspecified atom stereocenters. The standard InChI is InChI=1S/C15H11N3O2S2/c16-9-11-4-3-5-12(8-11)22(19,20)17-10-15-18-13-6-1-2-7-14(13)21-15/h1-8,17H,10H2. The van der Waals surface area contributed by atoms with Crippen LogP contribution in [-0.2, 0) is 16.6 Å². The van der Waals surface area contributed by atoms with Crippen molar-refractivity contribution in [3.8, 4) is 6.07 Å². The van der Waals surface area contributed by atoms with Crippen molar-refractivity contribution in [3.05, 3.63) is 59.1 Å². The predicted octanol–water partition coefficient (Wildman–Crippen LogP) is 2.65. The second-order valence-electron chi connectivity index (χ2n) is 4.54. The molecule has 0 saturated carbocycles. The molecule has 0 radical (unpaired) electrons. The molecule has 0 spiro atoms. The summed E-state index contributed by atoms with van der Waals surface area (Å²) in [7, 11) is -3.66. The first-order valence-corrected chi connectivity index (χ1v) is 8.73. The van der Waals surface area contributed by atoms with E-state index < -0.39 is 10.0 Å². The van der Waals surface area contributed by atoms with Gasteiger partial charge in [0.25, 0.3) is 0 Å². The van der Waals surface area contributed by atoms with E-state index in [4.69, 9.17) is 5.26 Å². The number of rotatable bonds is 4. The second-order valence-corrected chi connectivity index (χ2v) is 7.42. The van der Waals surface area contributed by atoms with Crippen LogP contribution in [0.4, 0.5) is 0 Å². The van der Waals surface area contributed by atoms with Gasteiger partial charge in [-0.25, -0.2) is 18.1 Å². The van der Waals surface area contributed by atoms with Crippen LogP contribution >= 0.6 is 11.3 Å². The number of fused-ring (bicyclic) bond motifs is 1. The molecule has 1 N–H and O–H groups in total. The third kappa shape index (κ3) is 2.99. The number of para-hydroxylation sites is 1. The van der Waals surface area contributed by atoms with Crippen LogP contribution < -0.4 is 4.72 Å². The summed E-state index contributed by atoms with van der Waals surface area (Å²) < 4.78 is 28.0. The van der Waals surface area contributed by atoms with Crippen LogP contribution in [0.2, 0.25) is 0 Å². The van der Waals surface area contributed by atoms with Gasteiger partial charge in [-0.15, -0.1) is 11.3 Å². The Morgan fingerprint density at radius 3 is 2.77 bits per heavy atom. The summed E-state index contributed by atoms with van der Waals surface area (Å²) >= 11 is 1.45. The van der Waals surface area contributed by atoms with Crippen LogP contribution in [0.1, 0.15) is 10.6 Å². The first-order chi connectivity index (χ1) is 10.6. The molecule has 22 heavy (non-hydrogen) atoms. The minimum atomic E-state index is -3.66. The van der Waals surface area contributed by atoms with Crippen LogP contribution in [0, 0.1) is 11.3 Å². The number of aromatic nitrogens is 1. The third-order valence-electron chi connectivity index (χ3n) is 3.03. The van der Waals surface area contributed by atoms with Crippen LogP contribution in [0.5, 0.6) is 0 Å². The zero-order valence-corrected chi connectivity index (χ0v) is 13.0. The van der Waals surface area contributed by atoms with Crippen molar-refractivity contribution in [1.29, 1.82) is 5.26 Å². The number of nitrogens with one attached hydrogen (secondary N) is 1. The third-order valence-corrected chi connectivity index (χ3v) is 5.46. The Kier molecular flexibility index (Phi) is 3.90. The molecule has 0 atom stereocenters. The molecule has 0 fully saturated rings. The summed E-state index contributed by atoms with van der Waals surface area (Å²) in [5, 5.41) is 9.54. The maximum Gasteiger partial charge on any atom is 0.240 e. The highest BCUT2D eigenvalue weighted by atomic mass is 32.2. The Labute approximate surface area is 131 Å². The van der Waals surface area contributed by atoms with Gasteiger partial charge in [-0.05, 0) is 30.3 Å². The highest BCUT2D eigenvalue weighted by molar-refractivity contribution is 7.89. The van der Waals surface area contributed by atoms with E-state index in [0.29, 0.717) is 10.6 Å². The Morgan fingerprint density at radius 1 is 1.18 bits per heavy atom. The van der Waals surface area contributed by atoms with Gasteiger partial charge in [0, 0.05) is 0 Å². The van der Waals surface area contributed by atoms with Crippen molar-refractivity contribution >= 4 is 31.6 Å². The fraction of sp³-hybridized carbons (Fsp3) is 0.0667. The van der Waals surface area contributed by atoms with Gasteiger partial charge < -0.3 is 0 Å². The molecule has 0 bridgehead atoms. The van der Waals surface area contributed by atoms with Crippen molar-refractivity contribution < 1.29 is 8.42 Å². The molecule has 1 aromatic heterocycles. The van der Waals surface area contributed by atoms with Crippen molar-refractivity contribution in [2.75, 3.05) is 0 Å². The lowest BCUT2D eigenvalue weighted by atomic mass is 10.2. The fourth-order valence-electron chi connectivity index (χ4n) is 1.97. The van der Waals surface area contributed by atoms with Crippen molar-refractivity contribution in [2.45, 2.75) is 11.4 Å². The molecule has 0 amide bonds. The van der Waals surface area contributed by atoms with Gasteiger partial charge in [-0.2, -0.15) is 5.26 Å². The molecule has 0 aliphatic heterocycles. The van der Waals surface area contributed by atoms with E-state index >= 15 is 0 Å². The normalized spacial score (nSPS) is 11.4. The van der Waals surface area contributed by atoms with E-state index in [1.807, 2.05) is 30.3 Å². The van der Waals surface area contributed by atoms with Gasteiger partial charge >= 0.3 is 0 Å². The minimum Gasteiger partial charge on any atom is -0.240 e. The average molecular weight is 329 g/mol. The molecular weight excluding hydrogens is 318 g/mol. The van der Waals surface area contributed by atoms with Gasteiger partial charge in [0.1, 0.15) is 5.01 Å². The number of nitriles is 1. The number of nitrogens with zero attached hydrogens (tertiary/aromatic N) is 2. The lowest BCUT2D eigenvalue weighted by Crippen LogP contribution is -2.23. The Bertz CT molecular complexity index is 939. The quantitative estimate of drug-likeness (QED) is 0.797. The van der Waals surface area contributed by atoms with E-state index in [1.165, 1.54) is 23.5 Å². The van der Waals surface area contributed by atoms with Crippen molar-refractivity contribution in [3.63, 3.8) is 0 Å². The molecule has 0 aliphatic carbocycles. The van der Waals surface area contributed by atoms with E-state index in [1.54, 1.807) is 12.1 Å². The van der Waals surface area contributed by atoms with Gasteiger partial charge in [-0.3, -0.25) is 0 Å². The Balaban J connectivity index is 1.81. The highest BCUT2D eigenvalue weighted by Gasteiger charge is 2.15. The van der Waals surface area contributed by atoms with E-state index in [2.05, 4.69) is 9.71 Å². The molecule has 110 valence electrons. The Hall–Kier alpha value is -2.27. The molecule has 0 aliphatic rings. The molecule has 3 aromatic rings. The zero-order valence-electron chi connectivity index (χ0n) is 11.4. The van der Waals surface area contributed by atoms with Crippen molar-refractivity contribution in [1.82, 2.24) is 9.71 Å². The summed E-state index contributed by atoms with van der Waals surface area (Å²) in [5.41, 5.74) is 1.16. The smallest absolute Gasteiger partial charge is 0.240 e. The lowest BCUT2D eigenvalue weighted by molar-refractivity contribution is 0.581. The van der Waals surface area contributed by atoms with Crippen LogP contribution in [0.25, 0.3) is 10.2 Å². The predicted molar refractivity (Wildman–Crippen MR) is 84.8 cm³/mol. The first-order valence-electron chi connectivity index (χ1n) is 6.43. The molecule has 5 nitrogen and oxygen atoms in total. The number of thiazole rings is 1. The van der Waals surface area contributed by atoms with Gasteiger partial charge in [0.2, 0.25) is 10.0 Å². The fourth-order valence-corrected chi connectivity index (χ4v) is 4.00. The first kappa shape index (κ1) is 14.7. The summed E-state index contributed by atoms with van der Waals surface area (Å²) in [4.78, 5) is 4.46. The molecular formula is C15H11N3O2S2. The monoisotopic (exact) mass is 329 g/mol. The highest BCUT2D eigenvalue weighted by Crippen LogP contribution is 2.21. The maximum atomic E-state index is 12.2. The Morgan fingerprint density at radius 2 is 2.00 bits per heavy atom. The lowest BCUT2D eigenvalue weighted by Gasteiger charge is -2.05. The largest absolute Gasteiger partial charge is 0.240 e. The van der Waals surface area contributed by atoms with Gasteiger partial charge in [0.15, 0.2) is 0 Å². The van der Waals surface area contributed by atoms with Crippen molar-refractivity contribution in [2.24, 2.45) is 0 Å². The topological polar surface area (TPSA) is 82.8 Å². The molecule has 2 aromatic carbocycles. The summed E-state index contributed by atoms with van der Waals surface area (Å²) in [6, 6.07) is 15.5. The van der Waals surface area contributed by atoms with Gasteiger partial charge in [-0.1, -0.05) is 18.2 Å². The van der Waals surface area contributed by atoms with Crippen LogP contribution in [0.3, 0.4) is 0 Å². The molecule has 3 rings (SSSR count). The molecule has 1 heterocycles. The maximum absolute atomic E-state index is 12.2. The van der Waals surface area contributed by atoms with E-state index in [9.17, 15) is 8.42 Å². The summed E-state index contributed by atoms with van der Waals surface area (Å²) in [6.07, 6.45) is 0. The minimum absolute atomic E-state index is 0.0765. The van der Waals surface area contributed by atoms with Crippen LogP contribution in [0.15, 0.2) is 53.4 Å². The van der Waals surface area contributed by atoms with Crippen LogP contribution in [-0.4, -0.2) is 13.4 Å². The SMILES string of the molecule is N#Cc1cccc(S(=O)(=O)NCc2nc3ccccc3s2)c1. The van der Waals surface area contributed by atoms with E-state index in [0.717, 1.165) is 10.2 Å². The zero-order chi connectivity index (χ0) is 15.6. The number of hydrogen-bond acceptors (Lipinski definition) is 5. The number of hydrogen-bond donors (Lipinski definition) is 1. The van der Waals surface area contributed by atoms with Gasteiger partial charge in [0.05, 0.1) is 33.3 Å². The summed E-state index contributed by atoms with van der Waals surface area (Å²) in [5.74, 6) is 0.